The highest BCUT2D eigenvalue weighted by Gasteiger charge is 2.41. The molecular formula is C21H24F3NO2S. The molecule has 1 aliphatic heterocycles. The number of fused-ring (bicyclic) bond motifs is 2. The van der Waals surface area contributed by atoms with Crippen LogP contribution in [0.1, 0.15) is 41.5 Å². The second-order valence-corrected chi connectivity index (χ2v) is 8.43. The number of hydrogen-bond donors (Lipinski definition) is 1. The zero-order valence-electron chi connectivity index (χ0n) is 15.8. The summed E-state index contributed by atoms with van der Waals surface area (Å²) in [6.45, 7) is 5.88. The summed E-state index contributed by atoms with van der Waals surface area (Å²) < 4.78 is 31.7. The van der Waals surface area contributed by atoms with Crippen LogP contribution in [0.15, 0.2) is 35.0 Å². The Bertz CT molecular complexity index is 810. The van der Waals surface area contributed by atoms with Gasteiger partial charge in [0.15, 0.2) is 0 Å². The maximum atomic E-state index is 10.6. The van der Waals surface area contributed by atoms with Crippen LogP contribution in [-0.2, 0) is 23.2 Å². The van der Waals surface area contributed by atoms with Crippen molar-refractivity contribution in [3.05, 3.63) is 57.3 Å². The van der Waals surface area contributed by atoms with Crippen molar-refractivity contribution in [2.24, 2.45) is 0 Å². The molecule has 2 aromatic rings. The maximum Gasteiger partial charge on any atom is 0.490 e. The van der Waals surface area contributed by atoms with Crippen LogP contribution in [0.3, 0.4) is 0 Å². The summed E-state index contributed by atoms with van der Waals surface area (Å²) in [7, 11) is 0. The Morgan fingerprint density at radius 2 is 1.89 bits per heavy atom. The molecule has 7 heteroatoms. The number of likely N-dealkylation sites (tertiary alicyclic amines) is 1. The predicted molar refractivity (Wildman–Crippen MR) is 104 cm³/mol. The molecule has 3 nitrogen and oxygen atoms in total. The number of nitrogens with zero attached hydrogens (tertiary/aromatic N) is 1. The van der Waals surface area contributed by atoms with Crippen molar-refractivity contribution in [1.82, 2.24) is 4.90 Å². The average molecular weight is 411 g/mol. The molecule has 0 saturated carbocycles. The molecule has 2 heterocycles. The summed E-state index contributed by atoms with van der Waals surface area (Å²) in [5, 5.41) is 11.6. The molecular weight excluding hydrogens is 387 g/mol. The van der Waals surface area contributed by atoms with E-state index in [1.54, 1.807) is 11.1 Å². The fourth-order valence-electron chi connectivity index (χ4n) is 4.21. The molecule has 0 radical (unpaired) electrons. The normalized spacial score (nSPS) is 18.4. The number of aryl methyl sites for hydroxylation is 2. The van der Waals surface area contributed by atoms with Crippen molar-refractivity contribution in [3.63, 3.8) is 0 Å². The number of piperidine rings is 1. The summed E-state index contributed by atoms with van der Waals surface area (Å²) in [5.74, 6) is -2.76. The number of alkyl halides is 3. The Morgan fingerprint density at radius 3 is 2.46 bits per heavy atom. The number of halogens is 3. The van der Waals surface area contributed by atoms with Gasteiger partial charge in [0, 0.05) is 6.54 Å². The number of carboxylic acid groups (broad SMARTS) is 1. The molecule has 152 valence electrons. The third kappa shape index (κ3) is 4.75. The molecule has 0 amide bonds. The third-order valence-electron chi connectivity index (χ3n) is 5.75. The number of hydrogen-bond acceptors (Lipinski definition) is 3. The van der Waals surface area contributed by atoms with E-state index in [1.165, 1.54) is 49.9 Å². The van der Waals surface area contributed by atoms with E-state index in [1.807, 2.05) is 11.3 Å². The molecule has 1 aliphatic carbocycles. The van der Waals surface area contributed by atoms with E-state index in [0.29, 0.717) is 5.41 Å². The molecule has 1 fully saturated rings. The van der Waals surface area contributed by atoms with Crippen molar-refractivity contribution in [2.45, 2.75) is 50.7 Å². The van der Waals surface area contributed by atoms with Gasteiger partial charge in [-0.3, -0.25) is 4.90 Å². The highest BCUT2D eigenvalue weighted by molar-refractivity contribution is 7.07. The molecule has 1 N–H and O–H groups in total. The first-order valence-electron chi connectivity index (χ1n) is 9.33. The van der Waals surface area contributed by atoms with Crippen LogP contribution < -0.4 is 0 Å². The lowest BCUT2D eigenvalue weighted by Gasteiger charge is -2.40. The monoisotopic (exact) mass is 411 g/mol. The molecule has 0 unspecified atom stereocenters. The molecule has 2 aliphatic rings. The number of aliphatic carboxylic acids is 1. The van der Waals surface area contributed by atoms with Gasteiger partial charge >= 0.3 is 12.1 Å². The first-order valence-corrected chi connectivity index (χ1v) is 10.3. The summed E-state index contributed by atoms with van der Waals surface area (Å²) in [4.78, 5) is 11.5. The minimum atomic E-state index is -5.08. The van der Waals surface area contributed by atoms with Crippen LogP contribution in [0.4, 0.5) is 13.2 Å². The lowest BCUT2D eigenvalue weighted by atomic mass is 9.73. The molecule has 1 aromatic carbocycles. The van der Waals surface area contributed by atoms with Crippen molar-refractivity contribution >= 4 is 17.3 Å². The van der Waals surface area contributed by atoms with Crippen LogP contribution >= 0.6 is 11.3 Å². The van der Waals surface area contributed by atoms with E-state index in [2.05, 4.69) is 46.8 Å². The maximum absolute atomic E-state index is 10.6. The molecule has 0 atom stereocenters. The molecule has 4 rings (SSSR count). The Kier molecular flexibility index (Phi) is 6.15. The topological polar surface area (TPSA) is 40.5 Å². The Labute approximate surface area is 166 Å². The molecule has 1 spiro atoms. The highest BCUT2D eigenvalue weighted by Crippen LogP contribution is 2.46. The van der Waals surface area contributed by atoms with Crippen LogP contribution in [-0.4, -0.2) is 35.2 Å². The van der Waals surface area contributed by atoms with Gasteiger partial charge in [0.25, 0.3) is 0 Å². The van der Waals surface area contributed by atoms with Gasteiger partial charge in [-0.25, -0.2) is 4.79 Å². The third-order valence-corrected chi connectivity index (χ3v) is 6.48. The van der Waals surface area contributed by atoms with Crippen molar-refractivity contribution in [3.8, 4) is 0 Å². The van der Waals surface area contributed by atoms with Gasteiger partial charge in [-0.1, -0.05) is 23.8 Å². The lowest BCUT2D eigenvalue weighted by molar-refractivity contribution is -0.192. The molecule has 1 saturated heterocycles. The van der Waals surface area contributed by atoms with Crippen LogP contribution in [0.5, 0.6) is 0 Å². The minimum Gasteiger partial charge on any atom is -0.475 e. The fourth-order valence-corrected chi connectivity index (χ4v) is 4.87. The summed E-state index contributed by atoms with van der Waals surface area (Å²) in [6.07, 6.45) is 0.263. The van der Waals surface area contributed by atoms with Crippen LogP contribution in [0.2, 0.25) is 0 Å². The minimum absolute atomic E-state index is 0.493. The highest BCUT2D eigenvalue weighted by atomic mass is 32.1. The van der Waals surface area contributed by atoms with Gasteiger partial charge in [0.1, 0.15) is 0 Å². The van der Waals surface area contributed by atoms with Gasteiger partial charge in [-0.15, -0.1) is 0 Å². The Hall–Kier alpha value is -1.86. The standard InChI is InChI=1S/C19H23NS.C2HF3O2/c1-15-2-3-17-4-6-19(18(17)12-15)7-9-20(10-8-19)13-16-5-11-21-14-16;3-2(4,5)1(6)7/h2-3,5,11-12,14H,4,6-10,13H2,1H3;(H,6,7). The van der Waals surface area contributed by atoms with E-state index in [4.69, 9.17) is 9.90 Å². The Balaban J connectivity index is 0.000000279. The zero-order valence-corrected chi connectivity index (χ0v) is 16.6. The average Bonchev–Trinajstić information content (AvgIpc) is 3.26. The first-order chi connectivity index (χ1) is 13.2. The van der Waals surface area contributed by atoms with Crippen molar-refractivity contribution in [2.75, 3.05) is 13.1 Å². The second kappa shape index (κ2) is 8.25. The van der Waals surface area contributed by atoms with E-state index in [0.717, 1.165) is 6.54 Å². The SMILES string of the molecule is Cc1ccc2c(c1)C1(CC2)CCN(Cc2ccsc2)CC1.O=C(O)C(F)(F)F. The number of carboxylic acids is 1. The molecule has 1 aromatic heterocycles. The van der Waals surface area contributed by atoms with Crippen molar-refractivity contribution < 1.29 is 23.1 Å². The number of thiophene rings is 1. The number of carbonyl (C=O) groups is 1. The predicted octanol–water partition coefficient (Wildman–Crippen LogP) is 5.17. The van der Waals surface area contributed by atoms with Crippen molar-refractivity contribution in [1.29, 1.82) is 0 Å². The number of benzene rings is 1. The largest absolute Gasteiger partial charge is 0.490 e. The molecule has 28 heavy (non-hydrogen) atoms. The zero-order chi connectivity index (χ0) is 20.4. The van der Waals surface area contributed by atoms with Gasteiger partial charge < -0.3 is 5.11 Å². The van der Waals surface area contributed by atoms with Gasteiger partial charge in [0.05, 0.1) is 0 Å². The molecule has 0 bridgehead atoms. The van der Waals surface area contributed by atoms with E-state index in [-0.39, 0.29) is 0 Å². The number of rotatable bonds is 2. The fraction of sp³-hybridized carbons (Fsp3) is 0.476. The quantitative estimate of drug-likeness (QED) is 0.741. The van der Waals surface area contributed by atoms with Gasteiger partial charge in [-0.05, 0) is 84.6 Å². The van der Waals surface area contributed by atoms with E-state index in [9.17, 15) is 13.2 Å². The van der Waals surface area contributed by atoms with E-state index < -0.39 is 12.1 Å². The summed E-state index contributed by atoms with van der Waals surface area (Å²) >= 11 is 1.81. The van der Waals surface area contributed by atoms with Gasteiger partial charge in [-0.2, -0.15) is 24.5 Å². The van der Waals surface area contributed by atoms with E-state index >= 15 is 0 Å². The smallest absolute Gasteiger partial charge is 0.475 e. The van der Waals surface area contributed by atoms with Crippen LogP contribution in [0.25, 0.3) is 0 Å². The van der Waals surface area contributed by atoms with Gasteiger partial charge in [0.2, 0.25) is 0 Å². The first kappa shape index (κ1) is 20.9. The summed E-state index contributed by atoms with van der Waals surface area (Å²) in [5.41, 5.74) is 6.70. The Morgan fingerprint density at radius 1 is 1.21 bits per heavy atom. The van der Waals surface area contributed by atoms with Crippen LogP contribution in [0, 0.1) is 6.92 Å². The lowest BCUT2D eigenvalue weighted by Crippen LogP contribution is -2.41. The second-order valence-electron chi connectivity index (χ2n) is 7.65. The summed E-state index contributed by atoms with van der Waals surface area (Å²) in [6, 6.07) is 9.39.